The van der Waals surface area contributed by atoms with Crippen LogP contribution in [0.25, 0.3) is 6.08 Å². The molecule has 1 aromatic heterocycles. The number of hydrogen-bond acceptors (Lipinski definition) is 7. The Kier molecular flexibility index (Phi) is 7.55. The Morgan fingerprint density at radius 3 is 2.42 bits per heavy atom. The lowest BCUT2D eigenvalue weighted by Crippen LogP contribution is -2.53. The first-order valence-electron chi connectivity index (χ1n) is 12.7. The number of carbonyl (C=O) groups is 1. The summed E-state index contributed by atoms with van der Waals surface area (Å²) < 4.78 is 6.68. The fraction of sp³-hybridized carbons (Fsp3) is 0.393. The Morgan fingerprint density at radius 2 is 1.78 bits per heavy atom. The summed E-state index contributed by atoms with van der Waals surface area (Å²) in [5.74, 6) is 0.806. The SMILES string of the molecule is CC1(NCCCN2CCC(OC(c3ccccc3)c3ccccc3)CC2)C=Cc2nc(C=O)nn2N1. The topological polar surface area (TPSA) is 84.3 Å². The monoisotopic (exact) mass is 486 g/mol. The van der Waals surface area contributed by atoms with Crippen LogP contribution in [-0.2, 0) is 4.74 Å². The van der Waals surface area contributed by atoms with E-state index in [9.17, 15) is 4.79 Å². The Bertz CT molecular complexity index is 1120. The van der Waals surface area contributed by atoms with Gasteiger partial charge >= 0.3 is 0 Å². The van der Waals surface area contributed by atoms with E-state index in [1.165, 1.54) is 11.1 Å². The lowest BCUT2D eigenvalue weighted by Gasteiger charge is -2.35. The molecule has 8 heteroatoms. The second-order valence-corrected chi connectivity index (χ2v) is 9.66. The molecule has 5 rings (SSSR count). The number of aldehydes is 1. The van der Waals surface area contributed by atoms with E-state index >= 15 is 0 Å². The van der Waals surface area contributed by atoms with Gasteiger partial charge in [-0.15, -0.1) is 5.10 Å². The summed E-state index contributed by atoms with van der Waals surface area (Å²) >= 11 is 0. The van der Waals surface area contributed by atoms with Gasteiger partial charge in [0.15, 0.2) is 12.1 Å². The molecule has 2 aliphatic rings. The van der Waals surface area contributed by atoms with Gasteiger partial charge < -0.3 is 9.64 Å². The first-order chi connectivity index (χ1) is 17.6. The summed E-state index contributed by atoms with van der Waals surface area (Å²) in [4.78, 5) is 19.2. The predicted molar refractivity (Wildman–Crippen MR) is 140 cm³/mol. The van der Waals surface area contributed by atoms with Crippen molar-refractivity contribution < 1.29 is 9.53 Å². The summed E-state index contributed by atoms with van der Waals surface area (Å²) in [7, 11) is 0. The third kappa shape index (κ3) is 5.90. The summed E-state index contributed by atoms with van der Waals surface area (Å²) in [6, 6.07) is 21.0. The van der Waals surface area contributed by atoms with Crippen LogP contribution in [0.4, 0.5) is 0 Å². The predicted octanol–water partition coefficient (Wildman–Crippen LogP) is 3.63. The minimum Gasteiger partial charge on any atom is -0.365 e. The van der Waals surface area contributed by atoms with Gasteiger partial charge in [0.25, 0.3) is 0 Å². The fourth-order valence-electron chi connectivity index (χ4n) is 4.90. The molecule has 0 saturated carbocycles. The van der Waals surface area contributed by atoms with Crippen molar-refractivity contribution in [2.45, 2.75) is 44.1 Å². The van der Waals surface area contributed by atoms with Gasteiger partial charge in [-0.25, -0.2) is 4.98 Å². The van der Waals surface area contributed by atoms with Gasteiger partial charge in [0.2, 0.25) is 5.82 Å². The number of ether oxygens (including phenoxy) is 1. The van der Waals surface area contributed by atoms with Crippen LogP contribution in [0.15, 0.2) is 66.7 Å². The van der Waals surface area contributed by atoms with Crippen molar-refractivity contribution in [1.82, 2.24) is 25.1 Å². The molecule has 2 aliphatic heterocycles. The number of aromatic nitrogens is 3. The molecule has 1 fully saturated rings. The van der Waals surface area contributed by atoms with Crippen LogP contribution >= 0.6 is 0 Å². The molecule has 1 atom stereocenters. The molecule has 0 radical (unpaired) electrons. The maximum atomic E-state index is 10.9. The molecular weight excluding hydrogens is 452 g/mol. The third-order valence-corrected chi connectivity index (χ3v) is 6.87. The first kappa shape index (κ1) is 24.4. The molecule has 2 aromatic carbocycles. The quantitative estimate of drug-likeness (QED) is 0.334. The molecule has 0 aliphatic carbocycles. The molecular formula is C28H34N6O2. The second-order valence-electron chi connectivity index (χ2n) is 9.66. The molecule has 0 spiro atoms. The number of likely N-dealkylation sites (tertiary alicyclic amines) is 1. The van der Waals surface area contributed by atoms with Crippen LogP contribution in [0.2, 0.25) is 0 Å². The van der Waals surface area contributed by atoms with Crippen molar-refractivity contribution in [2.24, 2.45) is 0 Å². The zero-order valence-electron chi connectivity index (χ0n) is 20.7. The van der Waals surface area contributed by atoms with Crippen molar-refractivity contribution in [3.8, 4) is 0 Å². The van der Waals surface area contributed by atoms with Crippen LogP contribution in [0, 0.1) is 0 Å². The lowest BCUT2D eigenvalue weighted by atomic mass is 10.00. The van der Waals surface area contributed by atoms with Gasteiger partial charge in [0.1, 0.15) is 11.8 Å². The third-order valence-electron chi connectivity index (χ3n) is 6.87. The highest BCUT2D eigenvalue weighted by Crippen LogP contribution is 2.30. The van der Waals surface area contributed by atoms with Crippen LogP contribution in [-0.4, -0.2) is 64.0 Å². The number of carbonyl (C=O) groups excluding carboxylic acids is 1. The number of piperidine rings is 1. The van der Waals surface area contributed by atoms with Crippen molar-refractivity contribution in [3.05, 3.63) is 89.5 Å². The maximum absolute atomic E-state index is 10.9. The molecule has 3 aromatic rings. The van der Waals surface area contributed by atoms with E-state index in [4.69, 9.17) is 4.74 Å². The number of fused-ring (bicyclic) bond motifs is 1. The molecule has 36 heavy (non-hydrogen) atoms. The van der Waals surface area contributed by atoms with Crippen molar-refractivity contribution >= 4 is 12.4 Å². The summed E-state index contributed by atoms with van der Waals surface area (Å²) in [5.41, 5.74) is 5.24. The van der Waals surface area contributed by atoms with Crippen LogP contribution < -0.4 is 10.7 Å². The summed E-state index contributed by atoms with van der Waals surface area (Å²) in [6.07, 6.45) is 7.91. The van der Waals surface area contributed by atoms with Gasteiger partial charge in [-0.1, -0.05) is 60.7 Å². The zero-order valence-corrected chi connectivity index (χ0v) is 20.7. The number of nitrogens with one attached hydrogen (secondary N) is 2. The summed E-state index contributed by atoms with van der Waals surface area (Å²) in [5, 5.41) is 7.70. The molecule has 0 bridgehead atoms. The lowest BCUT2D eigenvalue weighted by molar-refractivity contribution is -0.0270. The minimum absolute atomic E-state index is 0.0296. The molecule has 0 amide bonds. The highest BCUT2D eigenvalue weighted by Gasteiger charge is 2.27. The maximum Gasteiger partial charge on any atom is 0.216 e. The van der Waals surface area contributed by atoms with Crippen molar-refractivity contribution in [2.75, 3.05) is 31.6 Å². The van der Waals surface area contributed by atoms with E-state index in [0.717, 1.165) is 45.4 Å². The molecule has 1 saturated heterocycles. The molecule has 2 N–H and O–H groups in total. The largest absolute Gasteiger partial charge is 0.365 e. The molecule has 3 heterocycles. The number of hydrogen-bond donors (Lipinski definition) is 2. The summed E-state index contributed by atoms with van der Waals surface area (Å²) in [6.45, 7) is 6.05. The molecule has 1 unspecified atom stereocenters. The Hall–Kier alpha value is -3.33. The van der Waals surface area contributed by atoms with Gasteiger partial charge in [-0.2, -0.15) is 4.79 Å². The average Bonchev–Trinajstić information content (AvgIpc) is 3.33. The second kappa shape index (κ2) is 11.2. The highest BCUT2D eigenvalue weighted by molar-refractivity contribution is 5.69. The smallest absolute Gasteiger partial charge is 0.216 e. The van der Waals surface area contributed by atoms with Gasteiger partial charge in [-0.05, 0) is 62.6 Å². The van der Waals surface area contributed by atoms with Crippen LogP contribution in [0.1, 0.15) is 59.9 Å². The normalized spacial score (nSPS) is 20.3. The van der Waals surface area contributed by atoms with E-state index in [-0.39, 0.29) is 18.0 Å². The van der Waals surface area contributed by atoms with Crippen molar-refractivity contribution in [1.29, 1.82) is 0 Å². The average molecular weight is 487 g/mol. The van der Waals surface area contributed by atoms with E-state index in [2.05, 4.69) is 86.4 Å². The molecule has 8 nitrogen and oxygen atoms in total. The van der Waals surface area contributed by atoms with Gasteiger partial charge in [0, 0.05) is 13.1 Å². The van der Waals surface area contributed by atoms with Gasteiger partial charge in [-0.3, -0.25) is 15.5 Å². The minimum atomic E-state index is -0.439. The number of rotatable bonds is 10. The highest BCUT2D eigenvalue weighted by atomic mass is 16.5. The van der Waals surface area contributed by atoms with E-state index in [1.807, 2.05) is 19.1 Å². The Balaban J connectivity index is 1.07. The van der Waals surface area contributed by atoms with Crippen LogP contribution in [0.5, 0.6) is 0 Å². The number of benzene rings is 2. The van der Waals surface area contributed by atoms with Crippen LogP contribution in [0.3, 0.4) is 0 Å². The zero-order chi connectivity index (χ0) is 24.8. The first-order valence-corrected chi connectivity index (χ1v) is 12.7. The standard InChI is InChI=1S/C28H34N6O2/c1-28(16-13-26-30-25(21-35)31-34(26)32-28)29-17-8-18-33-19-14-24(15-20-33)36-27(22-9-4-2-5-10-22)23-11-6-3-7-12-23/h2-7,9-13,16,21,24,27,29,32H,8,14-15,17-20H2,1H3. The van der Waals surface area contributed by atoms with E-state index in [1.54, 1.807) is 4.79 Å². The van der Waals surface area contributed by atoms with Crippen molar-refractivity contribution in [3.63, 3.8) is 0 Å². The fourth-order valence-corrected chi connectivity index (χ4v) is 4.90. The number of nitrogens with zero attached hydrogens (tertiary/aromatic N) is 4. The Morgan fingerprint density at radius 1 is 1.11 bits per heavy atom. The Labute approximate surface area is 212 Å². The van der Waals surface area contributed by atoms with E-state index < -0.39 is 5.66 Å². The molecule has 188 valence electrons. The van der Waals surface area contributed by atoms with E-state index in [0.29, 0.717) is 12.1 Å². The van der Waals surface area contributed by atoms with Gasteiger partial charge in [0.05, 0.1) is 6.10 Å².